The van der Waals surface area contributed by atoms with Crippen molar-refractivity contribution in [3.63, 3.8) is 0 Å². The Morgan fingerprint density at radius 2 is 0.754 bits per heavy atom. The average Bonchev–Trinajstić information content (AvgIpc) is 3.26. The minimum atomic E-state index is -0.860. The molecule has 1 amide bonds. The van der Waals surface area contributed by atoms with Gasteiger partial charge in [-0.2, -0.15) is 0 Å². The van der Waals surface area contributed by atoms with Crippen LogP contribution in [0.5, 0.6) is 0 Å². The van der Waals surface area contributed by atoms with Gasteiger partial charge in [0.1, 0.15) is 0 Å². The SMILES string of the molecule is CCCCCCCCCCCCCCCC/C=C/C(O)C(CO)NC(=O)CCCCCCCCCCCOC(=O)CCCCCCCCCCCCCCCCCCCCC. The van der Waals surface area contributed by atoms with E-state index in [1.165, 1.54) is 218 Å². The Balaban J connectivity index is 3.48. The summed E-state index contributed by atoms with van der Waals surface area (Å²) in [5.74, 6) is -0.115. The van der Waals surface area contributed by atoms with Crippen LogP contribution in [-0.2, 0) is 14.3 Å². The van der Waals surface area contributed by atoms with Crippen LogP contribution < -0.4 is 5.32 Å². The minimum absolute atomic E-state index is 0.0221. The van der Waals surface area contributed by atoms with Crippen molar-refractivity contribution in [2.24, 2.45) is 0 Å². The molecule has 0 aromatic heterocycles. The smallest absolute Gasteiger partial charge is 0.305 e. The molecule has 2 atom stereocenters. The molecule has 0 radical (unpaired) electrons. The summed E-state index contributed by atoms with van der Waals surface area (Å²) in [6.07, 6.45) is 59.3. The van der Waals surface area contributed by atoms with Crippen molar-refractivity contribution < 1.29 is 24.5 Å². The Labute approximate surface area is 380 Å². The fraction of sp³-hybridized carbons (Fsp3) is 0.927. The second-order valence-corrected chi connectivity index (χ2v) is 18.9. The van der Waals surface area contributed by atoms with Crippen molar-refractivity contribution in [2.75, 3.05) is 13.2 Å². The van der Waals surface area contributed by atoms with E-state index in [9.17, 15) is 19.8 Å². The maximum atomic E-state index is 12.4. The minimum Gasteiger partial charge on any atom is -0.466 e. The van der Waals surface area contributed by atoms with Crippen LogP contribution in [0.25, 0.3) is 0 Å². The quantitative estimate of drug-likeness (QED) is 0.0322. The molecular weight excluding hydrogens is 755 g/mol. The van der Waals surface area contributed by atoms with E-state index >= 15 is 0 Å². The second kappa shape index (κ2) is 51.2. The zero-order valence-corrected chi connectivity index (χ0v) is 41.2. The molecule has 0 aromatic rings. The predicted octanol–water partition coefficient (Wildman–Crippen LogP) is 16.5. The molecule has 0 bridgehead atoms. The first-order chi connectivity index (χ1) is 30.0. The van der Waals surface area contributed by atoms with Gasteiger partial charge in [-0.1, -0.05) is 270 Å². The maximum Gasteiger partial charge on any atom is 0.305 e. The van der Waals surface area contributed by atoms with Crippen LogP contribution in [0.3, 0.4) is 0 Å². The number of allylic oxidation sites excluding steroid dienone is 1. The summed E-state index contributed by atoms with van der Waals surface area (Å²) in [4.78, 5) is 24.5. The third kappa shape index (κ3) is 47.9. The molecule has 0 spiro atoms. The van der Waals surface area contributed by atoms with Gasteiger partial charge in [0.15, 0.2) is 0 Å². The molecule has 0 saturated heterocycles. The second-order valence-electron chi connectivity index (χ2n) is 18.9. The van der Waals surface area contributed by atoms with Crippen molar-refractivity contribution in [3.05, 3.63) is 12.2 Å². The highest BCUT2D eigenvalue weighted by Gasteiger charge is 2.18. The molecule has 61 heavy (non-hydrogen) atoms. The zero-order chi connectivity index (χ0) is 44.4. The Kier molecular flexibility index (Phi) is 50.1. The summed E-state index contributed by atoms with van der Waals surface area (Å²) in [5.41, 5.74) is 0. The molecule has 362 valence electrons. The largest absolute Gasteiger partial charge is 0.466 e. The Hall–Kier alpha value is -1.40. The number of hydrogen-bond acceptors (Lipinski definition) is 5. The standard InChI is InChI=1S/C55H107NO5/c1-3-5-7-9-11-13-15-17-19-21-22-23-25-27-29-33-37-41-45-49-55(60)61-50-46-42-38-34-30-32-36-40-44-48-54(59)56-52(51-57)53(58)47-43-39-35-31-28-26-24-20-18-16-14-12-10-8-6-4-2/h43,47,52-53,57-58H,3-42,44-46,48-51H2,1-2H3,(H,56,59)/b47-43+. The Morgan fingerprint density at radius 3 is 1.11 bits per heavy atom. The number of esters is 1. The van der Waals surface area contributed by atoms with Crippen molar-refractivity contribution >= 4 is 11.9 Å². The van der Waals surface area contributed by atoms with Gasteiger partial charge in [-0.05, 0) is 32.1 Å². The van der Waals surface area contributed by atoms with Crippen LogP contribution in [0.2, 0.25) is 0 Å². The normalized spacial score (nSPS) is 12.7. The lowest BCUT2D eigenvalue weighted by Crippen LogP contribution is -2.45. The molecule has 6 heteroatoms. The number of ether oxygens (including phenoxy) is 1. The summed E-state index contributed by atoms with van der Waals surface area (Å²) in [5, 5.41) is 23.1. The molecule has 0 fully saturated rings. The number of aliphatic hydroxyl groups excluding tert-OH is 2. The highest BCUT2D eigenvalue weighted by atomic mass is 16.5. The van der Waals surface area contributed by atoms with Crippen LogP contribution in [0.4, 0.5) is 0 Å². The van der Waals surface area contributed by atoms with E-state index < -0.39 is 12.1 Å². The molecule has 0 aliphatic carbocycles. The number of carbonyl (C=O) groups excluding carboxylic acids is 2. The van der Waals surface area contributed by atoms with E-state index in [2.05, 4.69) is 19.2 Å². The Morgan fingerprint density at radius 1 is 0.443 bits per heavy atom. The number of aliphatic hydroxyl groups is 2. The van der Waals surface area contributed by atoms with Gasteiger partial charge in [-0.25, -0.2) is 0 Å². The monoisotopic (exact) mass is 862 g/mol. The van der Waals surface area contributed by atoms with Crippen molar-refractivity contribution in [3.8, 4) is 0 Å². The number of hydrogen-bond donors (Lipinski definition) is 3. The number of rotatable bonds is 51. The van der Waals surface area contributed by atoms with Gasteiger partial charge < -0.3 is 20.3 Å². The van der Waals surface area contributed by atoms with Gasteiger partial charge in [0.2, 0.25) is 5.91 Å². The fourth-order valence-corrected chi connectivity index (χ4v) is 8.58. The van der Waals surface area contributed by atoms with E-state index in [-0.39, 0.29) is 18.5 Å². The van der Waals surface area contributed by atoms with Crippen LogP contribution in [0.15, 0.2) is 12.2 Å². The number of carbonyl (C=O) groups is 2. The highest BCUT2D eigenvalue weighted by Crippen LogP contribution is 2.17. The third-order valence-electron chi connectivity index (χ3n) is 12.8. The number of unbranched alkanes of at least 4 members (excludes halogenated alkanes) is 40. The first kappa shape index (κ1) is 59.6. The fourth-order valence-electron chi connectivity index (χ4n) is 8.58. The highest BCUT2D eigenvalue weighted by molar-refractivity contribution is 5.76. The van der Waals surface area contributed by atoms with Crippen LogP contribution in [0, 0.1) is 0 Å². The van der Waals surface area contributed by atoms with E-state index in [1.807, 2.05) is 6.08 Å². The summed E-state index contributed by atoms with van der Waals surface area (Å²) < 4.78 is 5.47. The lowest BCUT2D eigenvalue weighted by atomic mass is 10.0. The molecule has 3 N–H and O–H groups in total. The first-order valence-electron chi connectivity index (χ1n) is 27.5. The topological polar surface area (TPSA) is 95.9 Å². The maximum absolute atomic E-state index is 12.4. The third-order valence-corrected chi connectivity index (χ3v) is 12.8. The van der Waals surface area contributed by atoms with Crippen molar-refractivity contribution in [1.82, 2.24) is 5.32 Å². The lowest BCUT2D eigenvalue weighted by Gasteiger charge is -2.20. The van der Waals surface area contributed by atoms with Gasteiger partial charge in [-0.15, -0.1) is 0 Å². The van der Waals surface area contributed by atoms with Gasteiger partial charge in [-0.3, -0.25) is 9.59 Å². The molecule has 0 heterocycles. The molecule has 0 rings (SSSR count). The summed E-state index contributed by atoms with van der Waals surface area (Å²) in [6, 6.07) is -0.646. The molecule has 0 saturated carbocycles. The number of amides is 1. The van der Waals surface area contributed by atoms with Crippen LogP contribution in [0.1, 0.15) is 303 Å². The van der Waals surface area contributed by atoms with E-state index in [4.69, 9.17) is 4.74 Å². The predicted molar refractivity (Wildman–Crippen MR) is 264 cm³/mol. The number of nitrogens with one attached hydrogen (secondary N) is 1. The van der Waals surface area contributed by atoms with E-state index in [0.29, 0.717) is 19.4 Å². The van der Waals surface area contributed by atoms with Gasteiger partial charge in [0, 0.05) is 12.8 Å². The zero-order valence-electron chi connectivity index (χ0n) is 41.2. The van der Waals surface area contributed by atoms with Crippen molar-refractivity contribution in [1.29, 1.82) is 0 Å². The van der Waals surface area contributed by atoms with Crippen molar-refractivity contribution in [2.45, 2.75) is 315 Å². The van der Waals surface area contributed by atoms with Gasteiger partial charge in [0.05, 0.1) is 25.4 Å². The van der Waals surface area contributed by atoms with Crippen LogP contribution >= 0.6 is 0 Å². The molecule has 2 unspecified atom stereocenters. The van der Waals surface area contributed by atoms with E-state index in [0.717, 1.165) is 57.8 Å². The summed E-state index contributed by atoms with van der Waals surface area (Å²) >= 11 is 0. The molecular formula is C55H107NO5. The first-order valence-corrected chi connectivity index (χ1v) is 27.5. The van der Waals surface area contributed by atoms with Crippen LogP contribution in [-0.4, -0.2) is 47.4 Å². The molecule has 6 nitrogen and oxygen atoms in total. The molecule has 0 aromatic carbocycles. The average molecular weight is 862 g/mol. The van der Waals surface area contributed by atoms with Gasteiger partial charge >= 0.3 is 5.97 Å². The summed E-state index contributed by atoms with van der Waals surface area (Å²) in [7, 11) is 0. The van der Waals surface area contributed by atoms with E-state index in [1.54, 1.807) is 6.08 Å². The Bertz CT molecular complexity index is 909. The molecule has 0 aliphatic rings. The summed E-state index contributed by atoms with van der Waals surface area (Å²) in [6.45, 7) is 4.86. The molecule has 0 aliphatic heterocycles. The lowest BCUT2D eigenvalue weighted by molar-refractivity contribution is -0.143. The van der Waals surface area contributed by atoms with Gasteiger partial charge in [0.25, 0.3) is 0 Å².